The molecule has 1 aliphatic heterocycles. The smallest absolute Gasteiger partial charge is 0.363 e. The molecule has 4 nitrogen and oxygen atoms in total. The van der Waals surface area contributed by atoms with Crippen molar-refractivity contribution in [1.82, 2.24) is 0 Å². The molecule has 0 aliphatic carbocycles. The molecule has 3 rings (SSSR count). The van der Waals surface area contributed by atoms with Gasteiger partial charge in [0, 0.05) is 5.56 Å². The number of aliphatic imine (C=N–C) groups is 1. The summed E-state index contributed by atoms with van der Waals surface area (Å²) in [6, 6.07) is 15.4. The largest absolute Gasteiger partial charge is 0.497 e. The van der Waals surface area contributed by atoms with E-state index >= 15 is 0 Å². The topological polar surface area (TPSA) is 47.9 Å². The fraction of sp³-hybridized carbons (Fsp3) is 0.238. The Balaban J connectivity index is 1.88. The second kappa shape index (κ2) is 6.55. The van der Waals surface area contributed by atoms with E-state index in [1.165, 1.54) is 5.56 Å². The first-order chi connectivity index (χ1) is 11.9. The van der Waals surface area contributed by atoms with Gasteiger partial charge in [-0.25, -0.2) is 9.79 Å². The Kier molecular flexibility index (Phi) is 4.45. The van der Waals surface area contributed by atoms with E-state index in [0.717, 1.165) is 16.9 Å². The lowest BCUT2D eigenvalue weighted by atomic mass is 9.87. The van der Waals surface area contributed by atoms with Crippen molar-refractivity contribution in [1.29, 1.82) is 0 Å². The predicted octanol–water partition coefficient (Wildman–Crippen LogP) is 4.34. The van der Waals surface area contributed by atoms with Crippen molar-refractivity contribution in [2.24, 2.45) is 4.99 Å². The number of hydrogen-bond acceptors (Lipinski definition) is 4. The predicted molar refractivity (Wildman–Crippen MR) is 98.7 cm³/mol. The lowest BCUT2D eigenvalue weighted by molar-refractivity contribution is -0.129. The van der Waals surface area contributed by atoms with E-state index < -0.39 is 5.97 Å². The van der Waals surface area contributed by atoms with Crippen LogP contribution in [0.1, 0.15) is 37.5 Å². The molecule has 0 saturated heterocycles. The van der Waals surface area contributed by atoms with E-state index in [4.69, 9.17) is 9.47 Å². The molecule has 0 atom stereocenters. The first-order valence-corrected chi connectivity index (χ1v) is 8.14. The van der Waals surface area contributed by atoms with Gasteiger partial charge >= 0.3 is 5.97 Å². The maximum atomic E-state index is 12.1. The summed E-state index contributed by atoms with van der Waals surface area (Å²) in [6.07, 6.45) is 1.70. The molecule has 0 N–H and O–H groups in total. The summed E-state index contributed by atoms with van der Waals surface area (Å²) in [4.78, 5) is 16.5. The van der Waals surface area contributed by atoms with Crippen molar-refractivity contribution in [2.75, 3.05) is 7.11 Å². The number of hydrogen-bond donors (Lipinski definition) is 0. The Morgan fingerprint density at radius 3 is 2.44 bits per heavy atom. The van der Waals surface area contributed by atoms with Crippen molar-refractivity contribution in [3.8, 4) is 5.75 Å². The lowest BCUT2D eigenvalue weighted by Gasteiger charge is -2.18. The molecule has 0 fully saturated rings. The highest BCUT2D eigenvalue weighted by molar-refractivity contribution is 6.12. The molecule has 0 spiro atoms. The fourth-order valence-corrected chi connectivity index (χ4v) is 2.53. The monoisotopic (exact) mass is 335 g/mol. The maximum absolute atomic E-state index is 12.1. The molecular weight excluding hydrogens is 314 g/mol. The minimum atomic E-state index is -0.447. The SMILES string of the molecule is COc1cccc(/C=C2\N=C(c3ccc(C(C)(C)C)cc3)OC2=O)c1. The van der Waals surface area contributed by atoms with E-state index in [1.807, 2.05) is 48.5 Å². The Morgan fingerprint density at radius 1 is 1.08 bits per heavy atom. The third-order valence-electron chi connectivity index (χ3n) is 4.02. The van der Waals surface area contributed by atoms with Crippen molar-refractivity contribution >= 4 is 17.9 Å². The molecule has 25 heavy (non-hydrogen) atoms. The van der Waals surface area contributed by atoms with E-state index in [2.05, 4.69) is 25.8 Å². The van der Waals surface area contributed by atoms with Gasteiger partial charge in [0.1, 0.15) is 5.75 Å². The summed E-state index contributed by atoms with van der Waals surface area (Å²) < 4.78 is 10.5. The number of ether oxygens (including phenoxy) is 2. The number of cyclic esters (lactones) is 1. The van der Waals surface area contributed by atoms with Gasteiger partial charge in [0.05, 0.1) is 7.11 Å². The molecule has 1 aliphatic rings. The third kappa shape index (κ3) is 3.79. The van der Waals surface area contributed by atoms with Crippen molar-refractivity contribution in [3.63, 3.8) is 0 Å². The maximum Gasteiger partial charge on any atom is 0.363 e. The molecule has 128 valence electrons. The zero-order valence-electron chi connectivity index (χ0n) is 14.9. The van der Waals surface area contributed by atoms with Gasteiger partial charge in [-0.1, -0.05) is 45.0 Å². The molecule has 0 unspecified atom stereocenters. The number of nitrogens with zero attached hydrogens (tertiary/aromatic N) is 1. The third-order valence-corrected chi connectivity index (χ3v) is 4.02. The van der Waals surface area contributed by atoms with E-state index in [-0.39, 0.29) is 11.1 Å². The highest BCUT2D eigenvalue weighted by Crippen LogP contribution is 2.25. The molecule has 1 heterocycles. The van der Waals surface area contributed by atoms with Crippen LogP contribution in [0.2, 0.25) is 0 Å². The van der Waals surface area contributed by atoms with Gasteiger partial charge in [-0.3, -0.25) is 0 Å². The molecule has 2 aromatic rings. The number of benzene rings is 2. The van der Waals surface area contributed by atoms with Crippen LogP contribution in [0.4, 0.5) is 0 Å². The van der Waals surface area contributed by atoms with E-state index in [9.17, 15) is 4.79 Å². The van der Waals surface area contributed by atoms with Crippen LogP contribution in [0.5, 0.6) is 5.75 Å². The summed E-state index contributed by atoms with van der Waals surface area (Å²) in [6.45, 7) is 6.47. The van der Waals surface area contributed by atoms with Gasteiger partial charge in [0.25, 0.3) is 0 Å². The number of carbonyl (C=O) groups is 1. The average Bonchev–Trinajstić information content (AvgIpc) is 2.95. The quantitative estimate of drug-likeness (QED) is 0.619. The van der Waals surface area contributed by atoms with Gasteiger partial charge in [-0.15, -0.1) is 0 Å². The molecule has 0 saturated carbocycles. The van der Waals surface area contributed by atoms with E-state index in [1.54, 1.807) is 13.2 Å². The van der Waals surface area contributed by atoms with Crippen LogP contribution in [-0.2, 0) is 14.9 Å². The van der Waals surface area contributed by atoms with Gasteiger partial charge < -0.3 is 9.47 Å². The zero-order valence-corrected chi connectivity index (χ0v) is 14.9. The molecule has 0 radical (unpaired) electrons. The first-order valence-electron chi connectivity index (χ1n) is 8.14. The molecular formula is C21H21NO3. The summed E-state index contributed by atoms with van der Waals surface area (Å²) >= 11 is 0. The second-order valence-corrected chi connectivity index (χ2v) is 6.94. The fourth-order valence-electron chi connectivity index (χ4n) is 2.53. The van der Waals surface area contributed by atoms with Crippen LogP contribution in [-0.4, -0.2) is 19.0 Å². The number of rotatable bonds is 3. The molecule has 2 aromatic carbocycles. The Labute approximate surface area is 147 Å². The van der Waals surface area contributed by atoms with Gasteiger partial charge in [0.2, 0.25) is 5.90 Å². The van der Waals surface area contributed by atoms with Crippen molar-refractivity contribution in [2.45, 2.75) is 26.2 Å². The summed E-state index contributed by atoms with van der Waals surface area (Å²) in [5.74, 6) is 0.611. The Hall–Kier alpha value is -2.88. The second-order valence-electron chi connectivity index (χ2n) is 6.94. The lowest BCUT2D eigenvalue weighted by Crippen LogP contribution is -2.11. The number of esters is 1. The minimum Gasteiger partial charge on any atom is -0.497 e. The Bertz CT molecular complexity index is 855. The average molecular weight is 335 g/mol. The van der Waals surface area contributed by atoms with Gasteiger partial charge in [-0.2, -0.15) is 0 Å². The van der Waals surface area contributed by atoms with Crippen LogP contribution in [0.25, 0.3) is 6.08 Å². The van der Waals surface area contributed by atoms with Crippen molar-refractivity contribution in [3.05, 3.63) is 70.9 Å². The highest BCUT2D eigenvalue weighted by atomic mass is 16.6. The van der Waals surface area contributed by atoms with Crippen molar-refractivity contribution < 1.29 is 14.3 Å². The first kappa shape index (κ1) is 17.0. The molecule has 0 amide bonds. The summed E-state index contributed by atoms with van der Waals surface area (Å²) in [5, 5.41) is 0. The van der Waals surface area contributed by atoms with Crippen LogP contribution < -0.4 is 4.74 Å². The molecule has 0 bridgehead atoms. The van der Waals surface area contributed by atoms with Crippen LogP contribution >= 0.6 is 0 Å². The van der Waals surface area contributed by atoms with E-state index in [0.29, 0.717) is 5.90 Å². The Morgan fingerprint density at radius 2 is 1.80 bits per heavy atom. The minimum absolute atomic E-state index is 0.0735. The summed E-state index contributed by atoms with van der Waals surface area (Å²) in [5.41, 5.74) is 3.19. The normalized spacial score (nSPS) is 15.9. The van der Waals surface area contributed by atoms with Crippen LogP contribution in [0.3, 0.4) is 0 Å². The number of methoxy groups -OCH3 is 1. The van der Waals surface area contributed by atoms with Crippen LogP contribution in [0, 0.1) is 0 Å². The number of carbonyl (C=O) groups excluding carboxylic acids is 1. The zero-order chi connectivity index (χ0) is 18.0. The van der Waals surface area contributed by atoms with Gasteiger partial charge in [-0.05, 0) is 46.9 Å². The van der Waals surface area contributed by atoms with Crippen LogP contribution in [0.15, 0.2) is 59.2 Å². The standard InChI is InChI=1S/C21H21NO3/c1-21(2,3)16-10-8-15(9-11-16)19-22-18(20(23)25-19)13-14-6-5-7-17(12-14)24-4/h5-13H,1-4H3/b18-13-. The highest BCUT2D eigenvalue weighted by Gasteiger charge is 2.24. The van der Waals surface area contributed by atoms with Gasteiger partial charge in [0.15, 0.2) is 5.70 Å². The molecule has 0 aromatic heterocycles. The summed E-state index contributed by atoms with van der Waals surface area (Å²) in [7, 11) is 1.60. The molecule has 4 heteroatoms.